The van der Waals surface area contributed by atoms with E-state index in [1.807, 2.05) is 25.1 Å². The molecule has 0 aliphatic rings. The second-order valence-corrected chi connectivity index (χ2v) is 7.09. The number of benzene rings is 3. The topological polar surface area (TPSA) is 58.6 Å². The second kappa shape index (κ2) is 9.38. The molecular weight excluding hydrogens is 402 g/mol. The van der Waals surface area contributed by atoms with Crippen molar-refractivity contribution in [2.45, 2.75) is 6.54 Å². The molecule has 3 aromatic carbocycles. The molecule has 5 nitrogen and oxygen atoms in total. The molecule has 1 amide bonds. The van der Waals surface area contributed by atoms with E-state index in [0.29, 0.717) is 11.1 Å². The van der Waals surface area contributed by atoms with Crippen LogP contribution in [0.3, 0.4) is 0 Å². The third-order valence-corrected chi connectivity index (χ3v) is 4.83. The summed E-state index contributed by atoms with van der Waals surface area (Å²) in [7, 11) is 4.90. The van der Waals surface area contributed by atoms with Crippen molar-refractivity contribution in [2.24, 2.45) is 0 Å². The highest BCUT2D eigenvalue weighted by Crippen LogP contribution is 2.28. The molecule has 3 rings (SSSR count). The SMILES string of the molecule is COC(=O)c1c(F)cccc1-c1ccc(CNC(=O)c2cccc(N(C)C)c2)c(F)c1. The van der Waals surface area contributed by atoms with Gasteiger partial charge in [0.05, 0.1) is 7.11 Å². The van der Waals surface area contributed by atoms with Gasteiger partial charge < -0.3 is 15.0 Å². The van der Waals surface area contributed by atoms with Crippen molar-refractivity contribution in [3.63, 3.8) is 0 Å². The molecule has 0 unspecified atom stereocenters. The molecule has 0 bridgehead atoms. The first kappa shape index (κ1) is 22.0. The van der Waals surface area contributed by atoms with E-state index in [4.69, 9.17) is 0 Å². The molecule has 0 aliphatic heterocycles. The first-order chi connectivity index (χ1) is 14.8. The van der Waals surface area contributed by atoms with E-state index in [1.165, 1.54) is 24.3 Å². The Morgan fingerprint density at radius 2 is 1.71 bits per heavy atom. The highest BCUT2D eigenvalue weighted by atomic mass is 19.1. The van der Waals surface area contributed by atoms with Crippen LogP contribution in [0.2, 0.25) is 0 Å². The number of hydrogen-bond donors (Lipinski definition) is 1. The van der Waals surface area contributed by atoms with Crippen LogP contribution in [-0.4, -0.2) is 33.1 Å². The lowest BCUT2D eigenvalue weighted by Crippen LogP contribution is -2.23. The molecule has 0 heterocycles. The van der Waals surface area contributed by atoms with Gasteiger partial charge in [0.2, 0.25) is 0 Å². The molecule has 31 heavy (non-hydrogen) atoms. The van der Waals surface area contributed by atoms with Crippen molar-refractivity contribution in [3.05, 3.63) is 89.0 Å². The predicted octanol–water partition coefficient (Wildman–Crippen LogP) is 4.41. The summed E-state index contributed by atoms with van der Waals surface area (Å²) in [5.41, 5.74) is 1.89. The Hall–Kier alpha value is -3.74. The highest BCUT2D eigenvalue weighted by Gasteiger charge is 2.19. The number of methoxy groups -OCH3 is 1. The number of rotatable bonds is 6. The summed E-state index contributed by atoms with van der Waals surface area (Å²) in [4.78, 5) is 26.3. The number of anilines is 1. The Kier molecular flexibility index (Phi) is 6.65. The first-order valence-electron chi connectivity index (χ1n) is 9.53. The monoisotopic (exact) mass is 424 g/mol. The maximum absolute atomic E-state index is 14.7. The molecular formula is C24H22F2N2O3. The third kappa shape index (κ3) is 4.88. The Morgan fingerprint density at radius 1 is 0.968 bits per heavy atom. The number of carbonyl (C=O) groups is 2. The van der Waals surface area contributed by atoms with Crippen LogP contribution < -0.4 is 10.2 Å². The van der Waals surface area contributed by atoms with Gasteiger partial charge in [-0.05, 0) is 41.5 Å². The standard InChI is InChI=1S/C24H22F2N2O3/c1-28(2)18-7-4-6-16(12-18)23(29)27-14-17-11-10-15(13-21(17)26)19-8-5-9-20(25)22(19)24(30)31-3/h4-13H,14H2,1-3H3,(H,27,29). The van der Waals surface area contributed by atoms with Crippen molar-refractivity contribution >= 4 is 17.6 Å². The molecule has 0 spiro atoms. The molecule has 1 N–H and O–H groups in total. The predicted molar refractivity (Wildman–Crippen MR) is 115 cm³/mol. The minimum atomic E-state index is -0.843. The minimum absolute atomic E-state index is 0.0237. The van der Waals surface area contributed by atoms with Crippen molar-refractivity contribution in [2.75, 3.05) is 26.1 Å². The summed E-state index contributed by atoms with van der Waals surface area (Å²) < 4.78 is 33.5. The van der Waals surface area contributed by atoms with Gasteiger partial charge in [0.1, 0.15) is 17.2 Å². The molecule has 0 radical (unpaired) electrons. The number of carbonyl (C=O) groups excluding carboxylic acids is 2. The molecule has 0 aromatic heterocycles. The van der Waals surface area contributed by atoms with Crippen LogP contribution >= 0.6 is 0 Å². The zero-order valence-corrected chi connectivity index (χ0v) is 17.4. The normalized spacial score (nSPS) is 10.5. The lowest BCUT2D eigenvalue weighted by molar-refractivity contribution is 0.0596. The van der Waals surface area contributed by atoms with Crippen LogP contribution in [0.1, 0.15) is 26.3 Å². The van der Waals surface area contributed by atoms with Gasteiger partial charge in [-0.25, -0.2) is 13.6 Å². The number of esters is 1. The number of nitrogens with one attached hydrogen (secondary N) is 1. The summed E-state index contributed by atoms with van der Waals surface area (Å²) in [5.74, 6) is -2.50. The summed E-state index contributed by atoms with van der Waals surface area (Å²) in [6.07, 6.45) is 0. The van der Waals surface area contributed by atoms with Gasteiger partial charge in [-0.1, -0.05) is 30.3 Å². The Bertz CT molecular complexity index is 1130. The Morgan fingerprint density at radius 3 is 2.39 bits per heavy atom. The third-order valence-electron chi connectivity index (χ3n) is 4.83. The molecule has 0 aliphatic carbocycles. The number of hydrogen-bond acceptors (Lipinski definition) is 4. The fourth-order valence-corrected chi connectivity index (χ4v) is 3.14. The van der Waals surface area contributed by atoms with E-state index in [9.17, 15) is 18.4 Å². The van der Waals surface area contributed by atoms with Gasteiger partial charge >= 0.3 is 5.97 Å². The van der Waals surface area contributed by atoms with Crippen LogP contribution in [-0.2, 0) is 11.3 Å². The fraction of sp³-hybridized carbons (Fsp3) is 0.167. The van der Waals surface area contributed by atoms with Crippen molar-refractivity contribution in [1.82, 2.24) is 5.32 Å². The summed E-state index contributed by atoms with van der Waals surface area (Å²) in [6, 6.07) is 15.4. The van der Waals surface area contributed by atoms with Gasteiger partial charge in [0.25, 0.3) is 5.91 Å². The molecule has 160 valence electrons. The average Bonchev–Trinajstić information content (AvgIpc) is 2.77. The highest BCUT2D eigenvalue weighted by molar-refractivity contribution is 5.97. The fourth-order valence-electron chi connectivity index (χ4n) is 3.14. The van der Waals surface area contributed by atoms with Crippen molar-refractivity contribution in [1.29, 1.82) is 0 Å². The quantitative estimate of drug-likeness (QED) is 0.596. The Balaban J connectivity index is 1.80. The molecule has 7 heteroatoms. The minimum Gasteiger partial charge on any atom is -0.465 e. The van der Waals surface area contributed by atoms with E-state index in [-0.39, 0.29) is 29.1 Å². The lowest BCUT2D eigenvalue weighted by atomic mass is 9.98. The van der Waals surface area contributed by atoms with Gasteiger partial charge in [-0.3, -0.25) is 4.79 Å². The number of amides is 1. The zero-order chi connectivity index (χ0) is 22.5. The van der Waals surface area contributed by atoms with Crippen LogP contribution in [0, 0.1) is 11.6 Å². The molecule has 0 atom stereocenters. The van der Waals surface area contributed by atoms with Crippen molar-refractivity contribution < 1.29 is 23.1 Å². The van der Waals surface area contributed by atoms with Gasteiger partial charge in [0.15, 0.2) is 0 Å². The Labute approximate surface area is 179 Å². The molecule has 0 saturated heterocycles. The van der Waals surface area contributed by atoms with E-state index >= 15 is 0 Å². The second-order valence-electron chi connectivity index (χ2n) is 7.09. The van der Waals surface area contributed by atoms with Crippen LogP contribution in [0.15, 0.2) is 60.7 Å². The molecule has 3 aromatic rings. The van der Waals surface area contributed by atoms with Crippen LogP contribution in [0.4, 0.5) is 14.5 Å². The first-order valence-corrected chi connectivity index (χ1v) is 9.53. The lowest BCUT2D eigenvalue weighted by Gasteiger charge is -2.14. The van der Waals surface area contributed by atoms with E-state index in [0.717, 1.165) is 18.9 Å². The smallest absolute Gasteiger partial charge is 0.341 e. The molecule has 0 fully saturated rings. The summed E-state index contributed by atoms with van der Waals surface area (Å²) in [6.45, 7) is -0.0237. The zero-order valence-electron chi connectivity index (χ0n) is 17.4. The van der Waals surface area contributed by atoms with Gasteiger partial charge in [-0.2, -0.15) is 0 Å². The van der Waals surface area contributed by atoms with Crippen LogP contribution in [0.5, 0.6) is 0 Å². The van der Waals surface area contributed by atoms with E-state index in [1.54, 1.807) is 24.3 Å². The van der Waals surface area contributed by atoms with E-state index in [2.05, 4.69) is 10.1 Å². The van der Waals surface area contributed by atoms with Crippen LogP contribution in [0.25, 0.3) is 11.1 Å². The average molecular weight is 424 g/mol. The molecule has 0 saturated carbocycles. The number of halogens is 2. The van der Waals surface area contributed by atoms with Gasteiger partial charge in [0, 0.05) is 37.5 Å². The summed E-state index contributed by atoms with van der Waals surface area (Å²) in [5, 5.41) is 2.70. The largest absolute Gasteiger partial charge is 0.465 e. The van der Waals surface area contributed by atoms with E-state index < -0.39 is 17.6 Å². The van der Waals surface area contributed by atoms with Crippen molar-refractivity contribution in [3.8, 4) is 11.1 Å². The maximum Gasteiger partial charge on any atom is 0.341 e. The number of nitrogens with zero attached hydrogens (tertiary/aromatic N) is 1. The summed E-state index contributed by atoms with van der Waals surface area (Å²) >= 11 is 0. The maximum atomic E-state index is 14.7. The number of ether oxygens (including phenoxy) is 1. The van der Waals surface area contributed by atoms with Gasteiger partial charge in [-0.15, -0.1) is 0 Å².